The van der Waals surface area contributed by atoms with Gasteiger partial charge in [0.25, 0.3) is 5.91 Å². The zero-order valence-corrected chi connectivity index (χ0v) is 16.4. The molecule has 162 valence electrons. The average Bonchev–Trinajstić information content (AvgIpc) is 3.37. The molecule has 0 bridgehead atoms. The van der Waals surface area contributed by atoms with E-state index in [1.54, 1.807) is 23.7 Å². The third-order valence-electron chi connectivity index (χ3n) is 4.67. The summed E-state index contributed by atoms with van der Waals surface area (Å²) in [6, 6.07) is 5.70. The van der Waals surface area contributed by atoms with E-state index in [9.17, 15) is 18.0 Å². The minimum Gasteiger partial charge on any atom is -0.484 e. The van der Waals surface area contributed by atoms with Crippen LogP contribution >= 0.6 is 11.3 Å². The fourth-order valence-electron chi connectivity index (χ4n) is 3.39. The molecule has 0 aliphatic carbocycles. The lowest BCUT2D eigenvalue weighted by Crippen LogP contribution is -2.44. The number of ether oxygens (including phenoxy) is 2. The van der Waals surface area contributed by atoms with Gasteiger partial charge in [0.05, 0.1) is 24.3 Å². The summed E-state index contributed by atoms with van der Waals surface area (Å²) in [5, 5.41) is 11.0. The van der Waals surface area contributed by atoms with Crippen LogP contribution in [0.15, 0.2) is 41.4 Å². The second-order valence-electron chi connectivity index (χ2n) is 6.66. The Kier molecular flexibility index (Phi) is 6.93. The highest BCUT2D eigenvalue weighted by molar-refractivity contribution is 7.08. The summed E-state index contributed by atoms with van der Waals surface area (Å²) in [5.41, 5.74) is 0.751. The zero-order chi connectivity index (χ0) is 21.7. The lowest BCUT2D eigenvalue weighted by molar-refractivity contribution is -0.192. The van der Waals surface area contributed by atoms with Gasteiger partial charge in [0.15, 0.2) is 0 Å². The quantitative estimate of drug-likeness (QED) is 0.782. The SMILES string of the molecule is O=C(O)C(F)(F)F.O=C(c1ccsc1)N1C[C@H](Oc2cccnc2)[C@H]2OCCC[C@H]21. The van der Waals surface area contributed by atoms with Crippen molar-refractivity contribution < 1.29 is 37.3 Å². The summed E-state index contributed by atoms with van der Waals surface area (Å²) in [4.78, 5) is 27.7. The van der Waals surface area contributed by atoms with E-state index in [4.69, 9.17) is 19.4 Å². The van der Waals surface area contributed by atoms with E-state index < -0.39 is 12.1 Å². The van der Waals surface area contributed by atoms with E-state index in [2.05, 4.69) is 4.98 Å². The van der Waals surface area contributed by atoms with E-state index in [0.717, 1.165) is 30.8 Å². The predicted octanol–water partition coefficient (Wildman–Crippen LogP) is 3.23. The fraction of sp³-hybridized carbons (Fsp3) is 0.421. The number of aromatic nitrogens is 1. The molecule has 2 aliphatic rings. The lowest BCUT2D eigenvalue weighted by atomic mass is 10.0. The first-order valence-corrected chi connectivity index (χ1v) is 10.0. The van der Waals surface area contributed by atoms with E-state index in [1.807, 2.05) is 33.9 Å². The number of halogens is 3. The molecule has 4 heterocycles. The van der Waals surface area contributed by atoms with Gasteiger partial charge in [-0.2, -0.15) is 24.5 Å². The molecule has 1 amide bonds. The highest BCUT2D eigenvalue weighted by Crippen LogP contribution is 2.32. The minimum absolute atomic E-state index is 0.0634. The fourth-order valence-corrected chi connectivity index (χ4v) is 4.02. The molecular weight excluding hydrogens is 425 g/mol. The van der Waals surface area contributed by atoms with Crippen molar-refractivity contribution in [2.75, 3.05) is 13.2 Å². The van der Waals surface area contributed by atoms with E-state index in [-0.39, 0.29) is 24.2 Å². The number of alkyl halides is 3. The summed E-state index contributed by atoms with van der Waals surface area (Å²) in [7, 11) is 0. The van der Waals surface area contributed by atoms with Crippen molar-refractivity contribution in [2.45, 2.75) is 37.3 Å². The molecule has 0 spiro atoms. The number of carbonyl (C=O) groups is 2. The van der Waals surface area contributed by atoms with Gasteiger partial charge in [0.2, 0.25) is 0 Å². The van der Waals surface area contributed by atoms with Gasteiger partial charge in [-0.3, -0.25) is 9.78 Å². The first kappa shape index (κ1) is 22.0. The summed E-state index contributed by atoms with van der Waals surface area (Å²) in [6.07, 6.45) is 0.0649. The third kappa shape index (κ3) is 5.28. The van der Waals surface area contributed by atoms with Crippen LogP contribution in [0.2, 0.25) is 0 Å². The van der Waals surface area contributed by atoms with Gasteiger partial charge in [0, 0.05) is 18.2 Å². The van der Waals surface area contributed by atoms with Crippen LogP contribution in [0.1, 0.15) is 23.2 Å². The number of rotatable bonds is 3. The van der Waals surface area contributed by atoms with Gasteiger partial charge >= 0.3 is 12.1 Å². The predicted molar refractivity (Wildman–Crippen MR) is 100 cm³/mol. The van der Waals surface area contributed by atoms with E-state index >= 15 is 0 Å². The molecule has 1 N–H and O–H groups in total. The van der Waals surface area contributed by atoms with Crippen LogP contribution in [-0.2, 0) is 9.53 Å². The van der Waals surface area contributed by atoms with Crippen molar-refractivity contribution in [3.05, 3.63) is 46.9 Å². The average molecular weight is 444 g/mol. The smallest absolute Gasteiger partial charge is 0.484 e. The number of aliphatic carboxylic acids is 1. The van der Waals surface area contributed by atoms with Crippen LogP contribution in [0.5, 0.6) is 5.75 Å². The number of likely N-dealkylation sites (tertiary alicyclic amines) is 1. The number of hydrogen-bond acceptors (Lipinski definition) is 6. The number of amides is 1. The Labute approximate surface area is 174 Å². The van der Waals surface area contributed by atoms with Crippen LogP contribution < -0.4 is 4.74 Å². The van der Waals surface area contributed by atoms with Crippen LogP contribution in [0.3, 0.4) is 0 Å². The van der Waals surface area contributed by atoms with Crippen LogP contribution in [-0.4, -0.2) is 64.4 Å². The number of hydrogen-bond donors (Lipinski definition) is 1. The molecule has 0 aromatic carbocycles. The minimum atomic E-state index is -5.08. The molecule has 4 rings (SSSR count). The Hall–Kier alpha value is -2.66. The monoisotopic (exact) mass is 444 g/mol. The molecule has 0 radical (unpaired) electrons. The Morgan fingerprint density at radius 2 is 2.10 bits per heavy atom. The molecule has 11 heteroatoms. The lowest BCUT2D eigenvalue weighted by Gasteiger charge is -2.31. The van der Waals surface area contributed by atoms with Gasteiger partial charge < -0.3 is 19.5 Å². The highest BCUT2D eigenvalue weighted by Gasteiger charge is 2.47. The number of fused-ring (bicyclic) bond motifs is 1. The normalized spacial score (nSPS) is 23.2. The summed E-state index contributed by atoms with van der Waals surface area (Å²) < 4.78 is 43.7. The van der Waals surface area contributed by atoms with Gasteiger partial charge in [0.1, 0.15) is 18.0 Å². The highest BCUT2D eigenvalue weighted by atomic mass is 32.1. The van der Waals surface area contributed by atoms with Gasteiger partial charge in [-0.15, -0.1) is 0 Å². The molecule has 2 aromatic heterocycles. The topological polar surface area (TPSA) is 89.0 Å². The number of pyridine rings is 1. The Bertz CT molecular complexity index is 848. The number of carboxylic acid groups (broad SMARTS) is 1. The maximum Gasteiger partial charge on any atom is 0.490 e. The number of carboxylic acids is 1. The van der Waals surface area contributed by atoms with Crippen LogP contribution in [0.4, 0.5) is 13.2 Å². The van der Waals surface area contributed by atoms with Crippen LogP contribution in [0, 0.1) is 0 Å². The molecule has 2 aromatic rings. The maximum atomic E-state index is 12.8. The van der Waals surface area contributed by atoms with Crippen molar-refractivity contribution in [1.29, 1.82) is 0 Å². The number of nitrogens with zero attached hydrogens (tertiary/aromatic N) is 2. The molecule has 2 aliphatic heterocycles. The molecule has 0 saturated carbocycles. The number of carbonyl (C=O) groups excluding carboxylic acids is 1. The molecule has 2 saturated heterocycles. The van der Waals surface area contributed by atoms with Crippen molar-refractivity contribution in [2.24, 2.45) is 0 Å². The van der Waals surface area contributed by atoms with Gasteiger partial charge in [-0.25, -0.2) is 4.79 Å². The third-order valence-corrected chi connectivity index (χ3v) is 5.35. The number of thiophene rings is 1. The van der Waals surface area contributed by atoms with Crippen LogP contribution in [0.25, 0.3) is 0 Å². The standard InChI is InChI=1S/C17H18N2O3S.C2HF3O2/c20-17(12-5-8-23-11-12)19-10-15(16-14(19)4-2-7-21-16)22-13-3-1-6-18-9-13;3-2(4,5)1(6)7/h1,3,5-6,8-9,11,14-16H,2,4,7,10H2;(H,6,7)/t14-,15+,16+;/m1./s1. The van der Waals surface area contributed by atoms with Gasteiger partial charge in [-0.1, -0.05) is 0 Å². The van der Waals surface area contributed by atoms with Crippen molar-refractivity contribution in [1.82, 2.24) is 9.88 Å². The maximum absolute atomic E-state index is 12.8. The Balaban J connectivity index is 0.000000318. The largest absolute Gasteiger partial charge is 0.490 e. The summed E-state index contributed by atoms with van der Waals surface area (Å²) >= 11 is 1.54. The molecule has 3 atom stereocenters. The first-order valence-electron chi connectivity index (χ1n) is 9.09. The molecule has 0 unspecified atom stereocenters. The summed E-state index contributed by atoms with van der Waals surface area (Å²) in [6.45, 7) is 1.29. The Morgan fingerprint density at radius 1 is 1.33 bits per heavy atom. The summed E-state index contributed by atoms with van der Waals surface area (Å²) in [5.74, 6) is -1.97. The molecular formula is C19H19F3N2O5S. The van der Waals surface area contributed by atoms with Crippen molar-refractivity contribution in [3.63, 3.8) is 0 Å². The van der Waals surface area contributed by atoms with Crippen molar-refractivity contribution >= 4 is 23.2 Å². The Morgan fingerprint density at radius 3 is 2.70 bits per heavy atom. The molecule has 30 heavy (non-hydrogen) atoms. The first-order chi connectivity index (χ1) is 14.3. The molecule has 2 fully saturated rings. The van der Waals surface area contributed by atoms with Gasteiger partial charge in [-0.05, 0) is 36.4 Å². The molecule has 7 nitrogen and oxygen atoms in total. The second-order valence-corrected chi connectivity index (χ2v) is 7.44. The van der Waals surface area contributed by atoms with E-state index in [1.165, 1.54) is 0 Å². The zero-order valence-electron chi connectivity index (χ0n) is 15.6. The van der Waals surface area contributed by atoms with Crippen molar-refractivity contribution in [3.8, 4) is 5.75 Å². The van der Waals surface area contributed by atoms with E-state index in [0.29, 0.717) is 6.54 Å². The second kappa shape index (κ2) is 9.43.